The Morgan fingerprint density at radius 3 is 2.46 bits per heavy atom. The summed E-state index contributed by atoms with van der Waals surface area (Å²) in [5, 5.41) is 0.208. The molecule has 0 aliphatic heterocycles. The highest BCUT2D eigenvalue weighted by Gasteiger charge is 2.55. The number of carbonyl (C=O) groups excluding carboxylic acids is 2. The van der Waals surface area contributed by atoms with Crippen LogP contribution in [-0.2, 0) is 14.0 Å². The molecule has 2 fully saturated rings. The van der Waals surface area contributed by atoms with E-state index in [9.17, 15) is 9.59 Å². The lowest BCUT2D eigenvalue weighted by Gasteiger charge is -2.47. The summed E-state index contributed by atoms with van der Waals surface area (Å²) in [7, 11) is -1.81. The smallest absolute Gasteiger partial charge is 0.192 e. The molecule has 0 aromatic heterocycles. The molecule has 2 aliphatic carbocycles. The van der Waals surface area contributed by atoms with Crippen molar-refractivity contribution in [1.82, 2.24) is 0 Å². The molecule has 0 amide bonds. The quantitative estimate of drug-likeness (QED) is 0.643. The molecule has 0 radical (unpaired) electrons. The highest BCUT2D eigenvalue weighted by atomic mass is 28.4. The zero-order valence-corrected chi connectivity index (χ0v) is 17.7. The number of fused-ring (bicyclic) bond motifs is 1. The number of carbonyl (C=O) groups is 2. The lowest BCUT2D eigenvalue weighted by molar-refractivity contribution is -0.133. The molecule has 3 nitrogen and oxygen atoms in total. The van der Waals surface area contributed by atoms with Crippen LogP contribution in [0.15, 0.2) is 0 Å². The van der Waals surface area contributed by atoms with Crippen molar-refractivity contribution in [3.8, 4) is 0 Å². The van der Waals surface area contributed by atoms with Gasteiger partial charge in [0.25, 0.3) is 0 Å². The van der Waals surface area contributed by atoms with E-state index in [2.05, 4.69) is 40.8 Å². The van der Waals surface area contributed by atoms with Crippen molar-refractivity contribution in [2.75, 3.05) is 0 Å². The van der Waals surface area contributed by atoms with Crippen LogP contribution in [0.1, 0.15) is 73.1 Å². The van der Waals surface area contributed by atoms with E-state index in [1.165, 1.54) is 0 Å². The zero-order valence-electron chi connectivity index (χ0n) is 16.7. The predicted octanol–water partition coefficient (Wildman–Crippen LogP) is 5.14. The van der Waals surface area contributed by atoms with Crippen molar-refractivity contribution in [1.29, 1.82) is 0 Å². The first-order valence-corrected chi connectivity index (χ1v) is 12.5. The molecule has 0 aromatic rings. The average molecular weight is 353 g/mol. The van der Waals surface area contributed by atoms with Gasteiger partial charge in [-0.2, -0.15) is 0 Å². The van der Waals surface area contributed by atoms with Gasteiger partial charge in [-0.15, -0.1) is 0 Å². The van der Waals surface area contributed by atoms with Crippen molar-refractivity contribution in [2.45, 2.75) is 97.4 Å². The summed E-state index contributed by atoms with van der Waals surface area (Å²) in [6.45, 7) is 15.5. The van der Waals surface area contributed by atoms with E-state index >= 15 is 0 Å². The minimum atomic E-state index is -1.81. The number of ketones is 2. The Labute approximate surface area is 149 Å². The molecule has 4 heteroatoms. The minimum absolute atomic E-state index is 0.0701. The monoisotopic (exact) mass is 352 g/mol. The molecule has 2 aliphatic rings. The second-order valence-electron chi connectivity index (χ2n) is 9.87. The molecule has 24 heavy (non-hydrogen) atoms. The number of hydrogen-bond acceptors (Lipinski definition) is 3. The van der Waals surface area contributed by atoms with Crippen LogP contribution in [0.4, 0.5) is 0 Å². The van der Waals surface area contributed by atoms with Gasteiger partial charge in [0.05, 0.1) is 6.10 Å². The number of rotatable bonds is 5. The van der Waals surface area contributed by atoms with Gasteiger partial charge in [-0.3, -0.25) is 4.79 Å². The van der Waals surface area contributed by atoms with E-state index in [1.54, 1.807) is 6.92 Å². The van der Waals surface area contributed by atoms with Crippen LogP contribution in [0.25, 0.3) is 0 Å². The first-order valence-electron chi connectivity index (χ1n) is 9.58. The Morgan fingerprint density at radius 2 is 1.92 bits per heavy atom. The molecule has 0 heterocycles. The number of hydrogen-bond donors (Lipinski definition) is 0. The van der Waals surface area contributed by atoms with Crippen molar-refractivity contribution in [2.24, 2.45) is 17.3 Å². The summed E-state index contributed by atoms with van der Waals surface area (Å²) >= 11 is 0. The standard InChI is InChI=1S/C20H36O3Si/c1-14(21)8-9-15-16-10-11-18(20(16,5)13-12-17(15)22)23-24(6,7)19(2,3)4/h15-16,18H,8-13H2,1-7H3/t15-,16-,18?,20-/m0/s1. The van der Waals surface area contributed by atoms with Gasteiger partial charge in [-0.05, 0) is 62.1 Å². The topological polar surface area (TPSA) is 43.4 Å². The van der Waals surface area contributed by atoms with Crippen LogP contribution in [0.5, 0.6) is 0 Å². The summed E-state index contributed by atoms with van der Waals surface area (Å²) in [5.74, 6) is 1.04. The first-order chi connectivity index (χ1) is 10.9. The molecule has 1 unspecified atom stereocenters. The van der Waals surface area contributed by atoms with E-state index in [4.69, 9.17) is 4.43 Å². The molecule has 0 saturated heterocycles. The number of Topliss-reactive ketones (excluding diaryl/α,β-unsaturated/α-hetero) is 2. The van der Waals surface area contributed by atoms with Gasteiger partial charge in [0.1, 0.15) is 11.6 Å². The van der Waals surface area contributed by atoms with E-state index in [0.29, 0.717) is 24.5 Å². The van der Waals surface area contributed by atoms with Crippen LogP contribution in [0, 0.1) is 17.3 Å². The maximum absolute atomic E-state index is 12.5. The van der Waals surface area contributed by atoms with Gasteiger partial charge in [-0.1, -0.05) is 27.7 Å². The third-order valence-corrected chi connectivity index (χ3v) is 11.7. The maximum Gasteiger partial charge on any atom is 0.192 e. The molecule has 0 spiro atoms. The lowest BCUT2D eigenvalue weighted by Crippen LogP contribution is -2.50. The summed E-state index contributed by atoms with van der Waals surface area (Å²) in [4.78, 5) is 23.9. The first kappa shape index (κ1) is 19.8. The molecule has 2 saturated carbocycles. The normalized spacial score (nSPS) is 34.3. The minimum Gasteiger partial charge on any atom is -0.413 e. The maximum atomic E-state index is 12.5. The van der Waals surface area contributed by atoms with E-state index < -0.39 is 8.32 Å². The highest BCUT2D eigenvalue weighted by molar-refractivity contribution is 6.74. The second-order valence-corrected chi connectivity index (χ2v) is 14.6. The highest BCUT2D eigenvalue weighted by Crippen LogP contribution is 2.56. The summed E-state index contributed by atoms with van der Waals surface area (Å²) in [5.41, 5.74) is 0.102. The Bertz CT molecular complexity index is 506. The van der Waals surface area contributed by atoms with Gasteiger partial charge < -0.3 is 9.22 Å². The molecule has 0 bridgehead atoms. The lowest BCUT2D eigenvalue weighted by atomic mass is 9.62. The van der Waals surface area contributed by atoms with Gasteiger partial charge in [-0.25, -0.2) is 0 Å². The van der Waals surface area contributed by atoms with Gasteiger partial charge >= 0.3 is 0 Å². The van der Waals surface area contributed by atoms with E-state index in [1.807, 2.05) is 0 Å². The molecular weight excluding hydrogens is 316 g/mol. The van der Waals surface area contributed by atoms with Gasteiger partial charge in [0.2, 0.25) is 0 Å². The Morgan fingerprint density at radius 1 is 1.29 bits per heavy atom. The van der Waals surface area contributed by atoms with Gasteiger partial charge in [0.15, 0.2) is 8.32 Å². The van der Waals surface area contributed by atoms with Crippen molar-refractivity contribution >= 4 is 19.9 Å². The Kier molecular flexibility index (Phi) is 5.52. The summed E-state index contributed by atoms with van der Waals surface area (Å²) in [6.07, 6.45) is 5.30. The van der Waals surface area contributed by atoms with E-state index in [0.717, 1.165) is 25.7 Å². The zero-order chi connectivity index (χ0) is 18.3. The fraction of sp³-hybridized carbons (Fsp3) is 0.900. The van der Waals surface area contributed by atoms with Crippen LogP contribution in [0.2, 0.25) is 18.1 Å². The van der Waals surface area contributed by atoms with Crippen LogP contribution in [-0.4, -0.2) is 26.0 Å². The fourth-order valence-corrected chi connectivity index (χ4v) is 5.94. The average Bonchev–Trinajstić information content (AvgIpc) is 2.74. The third kappa shape index (κ3) is 3.69. The second kappa shape index (κ2) is 6.68. The SMILES string of the molecule is CC(=O)CC[C@@H]1C(=O)CC[C@]2(C)C(O[Si](C)(C)C(C)(C)C)CC[C@@H]12. The fourth-order valence-electron chi connectivity index (χ4n) is 4.49. The summed E-state index contributed by atoms with van der Waals surface area (Å²) < 4.78 is 6.81. The van der Waals surface area contributed by atoms with Crippen LogP contribution in [0.3, 0.4) is 0 Å². The Balaban J connectivity index is 2.17. The van der Waals surface area contributed by atoms with Crippen molar-refractivity contribution in [3.05, 3.63) is 0 Å². The van der Waals surface area contributed by atoms with Crippen LogP contribution >= 0.6 is 0 Å². The van der Waals surface area contributed by atoms with Crippen molar-refractivity contribution in [3.63, 3.8) is 0 Å². The summed E-state index contributed by atoms with van der Waals surface area (Å²) in [6, 6.07) is 0. The third-order valence-electron chi connectivity index (χ3n) is 7.18. The molecule has 2 rings (SSSR count). The molecule has 138 valence electrons. The van der Waals surface area contributed by atoms with Crippen LogP contribution < -0.4 is 0 Å². The van der Waals surface area contributed by atoms with Gasteiger partial charge in [0, 0.05) is 18.8 Å². The molecule has 0 aromatic carbocycles. The van der Waals surface area contributed by atoms with Crippen molar-refractivity contribution < 1.29 is 14.0 Å². The predicted molar refractivity (Wildman–Crippen MR) is 101 cm³/mol. The van der Waals surface area contributed by atoms with E-state index in [-0.39, 0.29) is 28.3 Å². The molecule has 4 atom stereocenters. The largest absolute Gasteiger partial charge is 0.413 e. The molecular formula is C20H36O3Si. The molecule has 0 N–H and O–H groups in total. The Hall–Kier alpha value is -0.483.